The van der Waals surface area contributed by atoms with Crippen LogP contribution >= 0.6 is 0 Å². The van der Waals surface area contributed by atoms with E-state index in [9.17, 15) is 0 Å². The van der Waals surface area contributed by atoms with Gasteiger partial charge in [0.2, 0.25) is 5.95 Å². The van der Waals surface area contributed by atoms with Gasteiger partial charge < -0.3 is 4.90 Å². The Bertz CT molecular complexity index is 637. The van der Waals surface area contributed by atoms with E-state index in [1.807, 2.05) is 0 Å². The third kappa shape index (κ3) is 2.21. The summed E-state index contributed by atoms with van der Waals surface area (Å²) in [5.74, 6) is 8.58. The Balaban J connectivity index is 1.67. The summed E-state index contributed by atoms with van der Waals surface area (Å²) in [6.45, 7) is 2.15. The summed E-state index contributed by atoms with van der Waals surface area (Å²) in [7, 11) is 0. The third-order valence-corrected chi connectivity index (χ3v) is 5.01. The molecule has 112 valence electrons. The molecule has 1 aliphatic heterocycles. The maximum absolute atomic E-state index is 5.49. The fourth-order valence-electron chi connectivity index (χ4n) is 3.92. The Morgan fingerprint density at radius 1 is 1.19 bits per heavy atom. The summed E-state index contributed by atoms with van der Waals surface area (Å²) in [6.07, 6.45) is 8.59. The molecule has 0 amide bonds. The van der Waals surface area contributed by atoms with Gasteiger partial charge in [0.15, 0.2) is 5.65 Å². The van der Waals surface area contributed by atoms with Crippen molar-refractivity contribution in [3.8, 4) is 0 Å². The highest BCUT2D eigenvalue weighted by Crippen LogP contribution is 2.38. The topological polar surface area (TPSA) is 95.7 Å². The summed E-state index contributed by atoms with van der Waals surface area (Å²) in [4.78, 5) is 11.3. The minimum atomic E-state index is 0.438. The largest absolute Gasteiger partial charge is 0.356 e. The quantitative estimate of drug-likeness (QED) is 0.574. The predicted molar refractivity (Wildman–Crippen MR) is 81.8 cm³/mol. The lowest BCUT2D eigenvalue weighted by atomic mass is 9.75. The first-order valence-corrected chi connectivity index (χ1v) is 7.78. The predicted octanol–water partition coefficient (Wildman–Crippen LogP) is 1.65. The first-order chi connectivity index (χ1) is 10.3. The number of nitrogens with one attached hydrogen (secondary N) is 2. The minimum Gasteiger partial charge on any atom is -0.356 e. The number of H-pyrrole nitrogens is 1. The Hall–Kier alpha value is -1.89. The Morgan fingerprint density at radius 3 is 2.90 bits per heavy atom. The van der Waals surface area contributed by atoms with Crippen molar-refractivity contribution in [1.82, 2.24) is 20.2 Å². The van der Waals surface area contributed by atoms with Gasteiger partial charge in [-0.3, -0.25) is 10.5 Å². The molecule has 1 saturated heterocycles. The van der Waals surface area contributed by atoms with E-state index in [1.54, 1.807) is 6.20 Å². The smallest absolute Gasteiger partial charge is 0.241 e. The van der Waals surface area contributed by atoms with E-state index in [2.05, 4.69) is 30.5 Å². The van der Waals surface area contributed by atoms with Gasteiger partial charge in [-0.1, -0.05) is 19.3 Å². The second-order valence-corrected chi connectivity index (χ2v) is 6.19. The minimum absolute atomic E-state index is 0.438. The Morgan fingerprint density at radius 2 is 2.05 bits per heavy atom. The molecular weight excluding hydrogens is 266 g/mol. The fourth-order valence-corrected chi connectivity index (χ4v) is 3.92. The number of fused-ring (bicyclic) bond motifs is 2. The number of piperidine rings is 1. The van der Waals surface area contributed by atoms with Crippen molar-refractivity contribution in [2.75, 3.05) is 23.4 Å². The Labute approximate surface area is 123 Å². The molecule has 3 heterocycles. The standard InChI is InChI=1S/C14H21N7/c15-19-14-17-12-11(7-16-20-12)13(18-14)21-6-5-9-3-1-2-4-10(9)8-21/h7,9-10H,1-6,8,15H2,(H2,16,17,18,19,20). The van der Waals surface area contributed by atoms with Crippen LogP contribution in [-0.2, 0) is 0 Å². The molecule has 4 rings (SSSR count). The van der Waals surface area contributed by atoms with Crippen LogP contribution in [0, 0.1) is 11.8 Å². The highest BCUT2D eigenvalue weighted by atomic mass is 15.3. The van der Waals surface area contributed by atoms with E-state index in [4.69, 9.17) is 5.84 Å². The van der Waals surface area contributed by atoms with Crippen molar-refractivity contribution >= 4 is 22.8 Å². The number of nitrogens with zero attached hydrogens (tertiary/aromatic N) is 4. The lowest BCUT2D eigenvalue weighted by Gasteiger charge is -2.41. The average Bonchev–Trinajstić information content (AvgIpc) is 3.01. The molecule has 4 N–H and O–H groups in total. The molecular formula is C14H21N7. The molecule has 2 unspecified atom stereocenters. The lowest BCUT2D eigenvalue weighted by molar-refractivity contribution is 0.202. The first-order valence-electron chi connectivity index (χ1n) is 7.78. The fraction of sp³-hybridized carbons (Fsp3) is 0.643. The molecule has 2 aliphatic rings. The van der Waals surface area contributed by atoms with Gasteiger partial charge in [-0.05, 0) is 24.7 Å². The summed E-state index contributed by atoms with van der Waals surface area (Å²) in [6, 6.07) is 0. The van der Waals surface area contributed by atoms with Crippen molar-refractivity contribution in [1.29, 1.82) is 0 Å². The first kappa shape index (κ1) is 12.8. The zero-order chi connectivity index (χ0) is 14.2. The van der Waals surface area contributed by atoms with Crippen molar-refractivity contribution in [3.05, 3.63) is 6.20 Å². The molecule has 1 saturated carbocycles. The number of hydrogen-bond acceptors (Lipinski definition) is 6. The molecule has 7 heteroatoms. The normalized spacial score (nSPS) is 25.9. The number of aromatic amines is 1. The van der Waals surface area contributed by atoms with Crippen LogP contribution in [0.5, 0.6) is 0 Å². The molecule has 1 aliphatic carbocycles. The van der Waals surface area contributed by atoms with E-state index in [-0.39, 0.29) is 0 Å². The summed E-state index contributed by atoms with van der Waals surface area (Å²) >= 11 is 0. The Kier molecular flexibility index (Phi) is 3.14. The zero-order valence-corrected chi connectivity index (χ0v) is 12.0. The molecule has 0 radical (unpaired) electrons. The SMILES string of the molecule is NNc1nc(N2CCC3CCCCC3C2)c2cn[nH]c2n1. The van der Waals surface area contributed by atoms with E-state index < -0.39 is 0 Å². The number of hydrogen-bond donors (Lipinski definition) is 3. The van der Waals surface area contributed by atoms with Crippen molar-refractivity contribution < 1.29 is 0 Å². The number of nitrogens with two attached hydrogens (primary N) is 1. The summed E-state index contributed by atoms with van der Waals surface area (Å²) < 4.78 is 0. The van der Waals surface area contributed by atoms with Crippen LogP contribution in [0.1, 0.15) is 32.1 Å². The maximum Gasteiger partial charge on any atom is 0.241 e. The molecule has 2 aromatic rings. The van der Waals surface area contributed by atoms with Crippen LogP contribution in [0.25, 0.3) is 11.0 Å². The van der Waals surface area contributed by atoms with Crippen molar-refractivity contribution in [2.45, 2.75) is 32.1 Å². The van der Waals surface area contributed by atoms with Crippen LogP contribution in [-0.4, -0.2) is 33.3 Å². The second-order valence-electron chi connectivity index (χ2n) is 6.19. The molecule has 0 bridgehead atoms. The molecule has 2 atom stereocenters. The highest BCUT2D eigenvalue weighted by molar-refractivity contribution is 5.87. The van der Waals surface area contributed by atoms with Crippen LogP contribution in [0.2, 0.25) is 0 Å². The van der Waals surface area contributed by atoms with E-state index in [0.29, 0.717) is 5.95 Å². The van der Waals surface area contributed by atoms with Crippen LogP contribution < -0.4 is 16.2 Å². The molecule has 21 heavy (non-hydrogen) atoms. The molecule has 0 aromatic carbocycles. The van der Waals surface area contributed by atoms with E-state index in [0.717, 1.165) is 41.8 Å². The molecule has 2 fully saturated rings. The molecule has 7 nitrogen and oxygen atoms in total. The van der Waals surface area contributed by atoms with Gasteiger partial charge in [-0.25, -0.2) is 5.84 Å². The zero-order valence-electron chi connectivity index (χ0n) is 12.0. The van der Waals surface area contributed by atoms with E-state index >= 15 is 0 Å². The van der Waals surface area contributed by atoms with Gasteiger partial charge in [-0.15, -0.1) is 0 Å². The van der Waals surface area contributed by atoms with Crippen LogP contribution in [0.15, 0.2) is 6.20 Å². The van der Waals surface area contributed by atoms with Gasteiger partial charge in [0.1, 0.15) is 5.82 Å². The lowest BCUT2D eigenvalue weighted by Crippen LogP contribution is -2.42. The van der Waals surface area contributed by atoms with Gasteiger partial charge in [0.25, 0.3) is 0 Å². The highest BCUT2D eigenvalue weighted by Gasteiger charge is 2.32. The summed E-state index contributed by atoms with van der Waals surface area (Å²) in [5.41, 5.74) is 3.28. The van der Waals surface area contributed by atoms with Gasteiger partial charge in [0.05, 0.1) is 11.6 Å². The third-order valence-electron chi connectivity index (χ3n) is 5.01. The number of aromatic nitrogens is 4. The van der Waals surface area contributed by atoms with Crippen molar-refractivity contribution in [2.24, 2.45) is 17.7 Å². The van der Waals surface area contributed by atoms with Crippen molar-refractivity contribution in [3.63, 3.8) is 0 Å². The number of hydrazine groups is 1. The molecule has 0 spiro atoms. The average molecular weight is 287 g/mol. The van der Waals surface area contributed by atoms with Gasteiger partial charge in [-0.2, -0.15) is 15.1 Å². The van der Waals surface area contributed by atoms with Gasteiger partial charge in [0, 0.05) is 13.1 Å². The van der Waals surface area contributed by atoms with E-state index in [1.165, 1.54) is 32.1 Å². The maximum atomic E-state index is 5.49. The number of rotatable bonds is 2. The number of nitrogen functional groups attached to an aromatic ring is 1. The van der Waals surface area contributed by atoms with Crippen LogP contribution in [0.4, 0.5) is 11.8 Å². The second kappa shape index (κ2) is 5.14. The van der Waals surface area contributed by atoms with Crippen LogP contribution in [0.3, 0.4) is 0 Å². The summed E-state index contributed by atoms with van der Waals surface area (Å²) in [5, 5.41) is 7.97. The monoisotopic (exact) mass is 287 g/mol. The van der Waals surface area contributed by atoms with Gasteiger partial charge >= 0.3 is 0 Å². The number of anilines is 2. The molecule has 2 aromatic heterocycles.